The summed E-state index contributed by atoms with van der Waals surface area (Å²) in [7, 11) is 0. The van der Waals surface area contributed by atoms with Gasteiger partial charge in [-0.2, -0.15) is 4.57 Å². The molecule has 0 bridgehead atoms. The van der Waals surface area contributed by atoms with E-state index in [0.29, 0.717) is 5.88 Å². The molecule has 0 atom stereocenters. The van der Waals surface area contributed by atoms with Crippen LogP contribution in [0.5, 0.6) is 0 Å². The third-order valence-electron chi connectivity index (χ3n) is 6.40. The lowest BCUT2D eigenvalue weighted by molar-refractivity contribution is -0.672. The Hall–Kier alpha value is -4.57. The highest BCUT2D eigenvalue weighted by Gasteiger charge is 2.30. The first kappa shape index (κ1) is 28.4. The second-order valence-electron chi connectivity index (χ2n) is 9.64. The van der Waals surface area contributed by atoms with E-state index < -0.39 is 0 Å². The lowest BCUT2D eigenvalue weighted by atomic mass is 10.0. The minimum atomic E-state index is 0.646. The molecule has 0 radical (unpaired) electrons. The van der Waals surface area contributed by atoms with Gasteiger partial charge in [-0.25, -0.2) is 4.99 Å². The van der Waals surface area contributed by atoms with E-state index in [1.807, 2.05) is 62.5 Å². The number of nitrogens with zero attached hydrogens (tertiary/aromatic N) is 3. The summed E-state index contributed by atoms with van der Waals surface area (Å²) >= 11 is 0. The zero-order valence-electron chi connectivity index (χ0n) is 24.0. The molecule has 0 spiro atoms. The van der Waals surface area contributed by atoms with E-state index in [1.165, 1.54) is 29.7 Å². The highest BCUT2D eigenvalue weighted by Crippen LogP contribution is 2.41. The van der Waals surface area contributed by atoms with Crippen molar-refractivity contribution in [2.75, 3.05) is 0 Å². The van der Waals surface area contributed by atoms with Crippen LogP contribution < -0.4 is 4.57 Å². The van der Waals surface area contributed by atoms with Crippen LogP contribution in [0.1, 0.15) is 51.7 Å². The fourth-order valence-corrected chi connectivity index (χ4v) is 4.60. The molecular formula is C36H38N3O+. The Bertz CT molecular complexity index is 1570. The van der Waals surface area contributed by atoms with Gasteiger partial charge in [0.25, 0.3) is 0 Å². The van der Waals surface area contributed by atoms with Crippen molar-refractivity contribution in [3.8, 4) is 22.5 Å². The van der Waals surface area contributed by atoms with Gasteiger partial charge in [0.2, 0.25) is 11.6 Å². The molecule has 0 N–H and O–H groups in total. The number of benzene rings is 2. The highest BCUT2D eigenvalue weighted by molar-refractivity contribution is 6.01. The number of allylic oxidation sites excluding steroid dienone is 2. The fourth-order valence-electron chi connectivity index (χ4n) is 4.60. The largest absolute Gasteiger partial charge is 0.437 e. The van der Waals surface area contributed by atoms with Crippen LogP contribution in [0.15, 0.2) is 119 Å². The molecule has 0 amide bonds. The van der Waals surface area contributed by atoms with Gasteiger partial charge in [0.15, 0.2) is 18.3 Å². The van der Waals surface area contributed by atoms with Gasteiger partial charge in [-0.05, 0) is 51.0 Å². The molecule has 0 unspecified atom stereocenters. The molecule has 2 aromatic carbocycles. The molecule has 4 heteroatoms. The second-order valence-corrected chi connectivity index (χ2v) is 9.64. The lowest BCUT2D eigenvalue weighted by Gasteiger charge is -1.97. The number of hydrogen-bond acceptors (Lipinski definition) is 3. The number of aliphatic imine (C=N–C) groups is 1. The number of aromatic nitrogens is 2. The standard InChI is InChI=1S/C19H17N2O.C11H9N.C6H12/c1-4-14-15-9-8-13-11-21-10-6-5-7-16(21)17(13)18(15)22-19(14)20-12(2)3;1-2-6-10(7-3-1)11-8-4-5-9-12-11;1-3-5-6-4-2/h4-10H,1,11H2,2-3H3;1-9H;5-6H,3-4H2,1-2H3/q+1;;. The summed E-state index contributed by atoms with van der Waals surface area (Å²) in [6.45, 7) is 13.0. The van der Waals surface area contributed by atoms with Gasteiger partial charge in [-0.1, -0.05) is 81.1 Å². The van der Waals surface area contributed by atoms with Crippen LogP contribution in [0.3, 0.4) is 0 Å². The molecule has 0 saturated carbocycles. The van der Waals surface area contributed by atoms with Crippen molar-refractivity contribution in [1.29, 1.82) is 0 Å². The van der Waals surface area contributed by atoms with Crippen LogP contribution in [0.4, 0.5) is 5.88 Å². The van der Waals surface area contributed by atoms with E-state index >= 15 is 0 Å². The summed E-state index contributed by atoms with van der Waals surface area (Å²) in [4.78, 5) is 8.77. The Morgan fingerprint density at radius 2 is 1.65 bits per heavy atom. The minimum absolute atomic E-state index is 0.646. The van der Waals surface area contributed by atoms with Crippen molar-refractivity contribution in [2.45, 2.75) is 47.1 Å². The van der Waals surface area contributed by atoms with Crippen molar-refractivity contribution in [1.82, 2.24) is 4.98 Å². The minimum Gasteiger partial charge on any atom is -0.437 e. The van der Waals surface area contributed by atoms with Gasteiger partial charge in [0, 0.05) is 46.1 Å². The van der Waals surface area contributed by atoms with Crippen molar-refractivity contribution in [2.24, 2.45) is 4.99 Å². The van der Waals surface area contributed by atoms with Gasteiger partial charge in [-0.3, -0.25) is 4.98 Å². The molecule has 0 fully saturated rings. The Balaban J connectivity index is 0.000000172. The number of hydrogen-bond donors (Lipinski definition) is 0. The van der Waals surface area contributed by atoms with Gasteiger partial charge in [-0.15, -0.1) is 0 Å². The molecule has 0 aliphatic carbocycles. The molecule has 0 saturated heterocycles. The average molecular weight is 529 g/mol. The first-order valence-corrected chi connectivity index (χ1v) is 13.9. The first-order chi connectivity index (χ1) is 19.6. The van der Waals surface area contributed by atoms with E-state index in [1.54, 1.807) is 0 Å². The van der Waals surface area contributed by atoms with Crippen molar-refractivity contribution < 1.29 is 8.98 Å². The number of pyridine rings is 2. The molecule has 40 heavy (non-hydrogen) atoms. The van der Waals surface area contributed by atoms with E-state index in [4.69, 9.17) is 4.42 Å². The Kier molecular flexibility index (Phi) is 9.95. The molecule has 4 heterocycles. The Labute approximate surface area is 238 Å². The summed E-state index contributed by atoms with van der Waals surface area (Å²) in [5.41, 5.74) is 8.68. The summed E-state index contributed by atoms with van der Waals surface area (Å²) in [5.74, 6) is 0.646. The van der Waals surface area contributed by atoms with E-state index in [0.717, 1.165) is 40.0 Å². The molecule has 6 rings (SSSR count). The third kappa shape index (κ3) is 6.70. The number of fused-ring (bicyclic) bond motifs is 5. The summed E-state index contributed by atoms with van der Waals surface area (Å²) < 4.78 is 8.37. The number of rotatable bonds is 5. The molecule has 3 aromatic heterocycles. The predicted molar refractivity (Wildman–Crippen MR) is 169 cm³/mol. The molecule has 1 aliphatic heterocycles. The summed E-state index contributed by atoms with van der Waals surface area (Å²) in [5, 5.41) is 1.08. The van der Waals surface area contributed by atoms with Crippen LogP contribution in [0.25, 0.3) is 39.6 Å². The third-order valence-corrected chi connectivity index (χ3v) is 6.40. The van der Waals surface area contributed by atoms with Crippen LogP contribution in [0.2, 0.25) is 0 Å². The topological polar surface area (TPSA) is 42.3 Å². The van der Waals surface area contributed by atoms with Crippen molar-refractivity contribution >= 4 is 28.6 Å². The second kappa shape index (κ2) is 14.0. The van der Waals surface area contributed by atoms with E-state index in [-0.39, 0.29) is 0 Å². The Morgan fingerprint density at radius 3 is 2.30 bits per heavy atom. The maximum atomic E-state index is 6.13. The van der Waals surface area contributed by atoms with Gasteiger partial charge >= 0.3 is 0 Å². The van der Waals surface area contributed by atoms with Gasteiger partial charge in [0.1, 0.15) is 0 Å². The molecule has 1 aliphatic rings. The maximum Gasteiger partial charge on any atom is 0.227 e. The normalized spacial score (nSPS) is 11.1. The predicted octanol–water partition coefficient (Wildman–Crippen LogP) is 9.62. The quantitative estimate of drug-likeness (QED) is 0.127. The van der Waals surface area contributed by atoms with Crippen molar-refractivity contribution in [3.63, 3.8) is 0 Å². The zero-order chi connectivity index (χ0) is 28.3. The van der Waals surface area contributed by atoms with E-state index in [2.05, 4.69) is 95.8 Å². The molecule has 202 valence electrons. The average Bonchev–Trinajstić information content (AvgIpc) is 3.54. The van der Waals surface area contributed by atoms with Gasteiger partial charge in [0.05, 0.1) is 11.3 Å². The molecular weight excluding hydrogens is 490 g/mol. The SMILES string of the molecule is C=Cc1c(N=C(C)C)oc2c3c(ccc12)C[n+]1ccccc1-3.CCC=CCC.c1ccc(-c2ccccn2)cc1. The summed E-state index contributed by atoms with van der Waals surface area (Å²) in [6.07, 6.45) is 12.5. The van der Waals surface area contributed by atoms with Gasteiger partial charge < -0.3 is 4.42 Å². The lowest BCUT2D eigenvalue weighted by Crippen LogP contribution is -2.31. The van der Waals surface area contributed by atoms with Crippen LogP contribution in [-0.4, -0.2) is 10.7 Å². The first-order valence-electron chi connectivity index (χ1n) is 13.9. The van der Waals surface area contributed by atoms with Crippen LogP contribution >= 0.6 is 0 Å². The zero-order valence-corrected chi connectivity index (χ0v) is 24.0. The summed E-state index contributed by atoms with van der Waals surface area (Å²) in [6, 6.07) is 26.6. The van der Waals surface area contributed by atoms with Crippen molar-refractivity contribution in [3.05, 3.63) is 121 Å². The van der Waals surface area contributed by atoms with Crippen LogP contribution in [0, 0.1) is 0 Å². The molecule has 4 nitrogen and oxygen atoms in total. The highest BCUT2D eigenvalue weighted by atomic mass is 16.3. The Morgan fingerprint density at radius 1 is 0.925 bits per heavy atom. The fraction of sp³-hybridized carbons (Fsp3) is 0.194. The monoisotopic (exact) mass is 528 g/mol. The maximum absolute atomic E-state index is 6.13. The molecule has 5 aromatic rings. The van der Waals surface area contributed by atoms with Crippen LogP contribution in [-0.2, 0) is 6.54 Å². The van der Waals surface area contributed by atoms with E-state index in [9.17, 15) is 0 Å². The smallest absolute Gasteiger partial charge is 0.227 e. The number of furan rings is 1.